The molecule has 0 spiro atoms. The second-order valence-electron chi connectivity index (χ2n) is 4.94. The van der Waals surface area contributed by atoms with Crippen LogP contribution in [0.5, 0.6) is 0 Å². The summed E-state index contributed by atoms with van der Waals surface area (Å²) in [6.07, 6.45) is 0.335. The molecule has 0 aliphatic carbocycles. The van der Waals surface area contributed by atoms with Crippen LogP contribution in [0, 0.1) is 6.92 Å². The molecule has 19 heavy (non-hydrogen) atoms. The van der Waals surface area contributed by atoms with Gasteiger partial charge in [-0.1, -0.05) is 30.3 Å². The van der Waals surface area contributed by atoms with Crippen LogP contribution < -0.4 is 5.32 Å². The van der Waals surface area contributed by atoms with Crippen molar-refractivity contribution in [1.82, 2.24) is 5.32 Å². The second kappa shape index (κ2) is 6.85. The monoisotopic (exact) mass is 275 g/mol. The molecule has 0 fully saturated rings. The molecule has 2 unspecified atom stereocenters. The maximum Gasteiger partial charge on any atom is 0.0730 e. The molecular formula is C16H21NOS. The summed E-state index contributed by atoms with van der Waals surface area (Å²) in [4.78, 5) is 2.64. The quantitative estimate of drug-likeness (QED) is 0.849. The largest absolute Gasteiger partial charge is 0.391 e. The fourth-order valence-corrected chi connectivity index (χ4v) is 2.85. The van der Waals surface area contributed by atoms with Crippen LogP contribution in [0.1, 0.15) is 22.2 Å². The zero-order chi connectivity index (χ0) is 13.7. The van der Waals surface area contributed by atoms with Gasteiger partial charge < -0.3 is 10.4 Å². The molecule has 2 atom stereocenters. The molecule has 102 valence electrons. The van der Waals surface area contributed by atoms with E-state index in [9.17, 15) is 5.11 Å². The highest BCUT2D eigenvalue weighted by atomic mass is 32.1. The molecule has 1 heterocycles. The van der Waals surface area contributed by atoms with E-state index in [1.54, 1.807) is 11.3 Å². The topological polar surface area (TPSA) is 32.3 Å². The van der Waals surface area contributed by atoms with Crippen LogP contribution in [-0.4, -0.2) is 17.3 Å². The number of aryl methyl sites for hydroxylation is 1. The molecule has 0 amide bonds. The third-order valence-electron chi connectivity index (χ3n) is 3.26. The van der Waals surface area contributed by atoms with Gasteiger partial charge in [-0.05, 0) is 38.0 Å². The maximum atomic E-state index is 10.2. The minimum Gasteiger partial charge on any atom is -0.391 e. The van der Waals surface area contributed by atoms with Crippen LogP contribution in [0.3, 0.4) is 0 Å². The lowest BCUT2D eigenvalue weighted by atomic mass is 10.0. The van der Waals surface area contributed by atoms with E-state index in [1.165, 1.54) is 15.3 Å². The van der Waals surface area contributed by atoms with Crippen LogP contribution in [0.25, 0.3) is 0 Å². The van der Waals surface area contributed by atoms with Gasteiger partial charge in [0.05, 0.1) is 6.10 Å². The maximum absolute atomic E-state index is 10.2. The summed E-state index contributed by atoms with van der Waals surface area (Å²) < 4.78 is 0. The molecule has 2 rings (SSSR count). The van der Waals surface area contributed by atoms with Crippen molar-refractivity contribution in [3.63, 3.8) is 0 Å². The Morgan fingerprint density at radius 1 is 1.16 bits per heavy atom. The van der Waals surface area contributed by atoms with Crippen molar-refractivity contribution < 1.29 is 5.11 Å². The Bertz CT molecular complexity index is 494. The lowest BCUT2D eigenvalue weighted by molar-refractivity contribution is 0.134. The number of rotatable bonds is 6. The summed E-state index contributed by atoms with van der Waals surface area (Å²) in [6.45, 7) is 4.97. The van der Waals surface area contributed by atoms with Crippen LogP contribution in [0.4, 0.5) is 0 Å². The zero-order valence-electron chi connectivity index (χ0n) is 11.5. The molecule has 2 N–H and O–H groups in total. The van der Waals surface area contributed by atoms with E-state index in [4.69, 9.17) is 0 Å². The fraction of sp³-hybridized carbons (Fsp3) is 0.375. The van der Waals surface area contributed by atoms with E-state index in [2.05, 4.69) is 36.5 Å². The summed E-state index contributed by atoms with van der Waals surface area (Å²) >= 11 is 1.80. The van der Waals surface area contributed by atoms with Crippen molar-refractivity contribution >= 4 is 11.3 Å². The Morgan fingerprint density at radius 3 is 2.53 bits per heavy atom. The Balaban J connectivity index is 1.80. The predicted octanol–water partition coefficient (Wildman–Crippen LogP) is 3.14. The molecule has 0 saturated carbocycles. The number of hydrogen-bond acceptors (Lipinski definition) is 3. The highest BCUT2D eigenvalue weighted by Gasteiger charge is 2.14. The number of hydrogen-bond donors (Lipinski definition) is 2. The summed E-state index contributed by atoms with van der Waals surface area (Å²) in [5.74, 6) is 0. The molecular weight excluding hydrogens is 254 g/mol. The molecule has 1 aromatic heterocycles. The smallest absolute Gasteiger partial charge is 0.0730 e. The first-order chi connectivity index (χ1) is 9.15. The molecule has 1 aromatic carbocycles. The first kappa shape index (κ1) is 14.3. The Morgan fingerprint density at radius 2 is 1.89 bits per heavy atom. The molecule has 0 aliphatic rings. The highest BCUT2D eigenvalue weighted by Crippen LogP contribution is 2.15. The lowest BCUT2D eigenvalue weighted by Crippen LogP contribution is -2.38. The normalized spacial score (nSPS) is 14.3. The third-order valence-corrected chi connectivity index (χ3v) is 4.26. The van der Waals surface area contributed by atoms with Gasteiger partial charge in [0, 0.05) is 22.3 Å². The summed E-state index contributed by atoms with van der Waals surface area (Å²) in [6, 6.07) is 14.5. The molecule has 0 saturated heterocycles. The van der Waals surface area contributed by atoms with E-state index in [-0.39, 0.29) is 12.1 Å². The van der Waals surface area contributed by atoms with E-state index < -0.39 is 0 Å². The highest BCUT2D eigenvalue weighted by molar-refractivity contribution is 7.11. The van der Waals surface area contributed by atoms with Crippen LogP contribution >= 0.6 is 11.3 Å². The van der Waals surface area contributed by atoms with Crippen molar-refractivity contribution in [1.29, 1.82) is 0 Å². The third kappa shape index (κ3) is 4.46. The van der Waals surface area contributed by atoms with E-state index in [1.807, 2.05) is 25.1 Å². The molecule has 3 heteroatoms. The number of thiophene rings is 1. The van der Waals surface area contributed by atoms with E-state index >= 15 is 0 Å². The molecule has 0 aliphatic heterocycles. The Kier molecular flexibility index (Phi) is 5.14. The fourth-order valence-electron chi connectivity index (χ4n) is 2.01. The number of aliphatic hydroxyl groups excluding tert-OH is 1. The Labute approximate surface area is 119 Å². The van der Waals surface area contributed by atoms with E-state index in [0.717, 1.165) is 6.54 Å². The van der Waals surface area contributed by atoms with Gasteiger partial charge in [0.2, 0.25) is 0 Å². The van der Waals surface area contributed by atoms with Crippen molar-refractivity contribution in [2.24, 2.45) is 0 Å². The summed E-state index contributed by atoms with van der Waals surface area (Å²) in [7, 11) is 0. The van der Waals surface area contributed by atoms with Gasteiger partial charge in [0.1, 0.15) is 0 Å². The molecule has 2 aromatic rings. The average Bonchev–Trinajstić information content (AvgIpc) is 2.83. The van der Waals surface area contributed by atoms with Gasteiger partial charge in [-0.2, -0.15) is 0 Å². The van der Waals surface area contributed by atoms with Gasteiger partial charge in [0.25, 0.3) is 0 Å². The van der Waals surface area contributed by atoms with Gasteiger partial charge in [-0.3, -0.25) is 0 Å². The predicted molar refractivity (Wildman–Crippen MR) is 81.5 cm³/mol. The first-order valence-electron chi connectivity index (χ1n) is 6.66. The number of benzene rings is 1. The average molecular weight is 275 g/mol. The van der Waals surface area contributed by atoms with Crippen LogP contribution in [-0.2, 0) is 13.0 Å². The van der Waals surface area contributed by atoms with E-state index in [0.29, 0.717) is 6.42 Å². The Hall–Kier alpha value is -1.16. The van der Waals surface area contributed by atoms with Crippen LogP contribution in [0.2, 0.25) is 0 Å². The van der Waals surface area contributed by atoms with Gasteiger partial charge >= 0.3 is 0 Å². The minimum absolute atomic E-state index is 0.0858. The van der Waals surface area contributed by atoms with Crippen molar-refractivity contribution in [2.75, 3.05) is 0 Å². The SMILES string of the molecule is Cc1ccc(CNC(C)C(O)Cc2ccccc2)s1. The van der Waals surface area contributed by atoms with Gasteiger partial charge in [-0.25, -0.2) is 0 Å². The minimum atomic E-state index is -0.358. The van der Waals surface area contributed by atoms with Crippen molar-refractivity contribution in [2.45, 2.75) is 39.0 Å². The summed E-state index contributed by atoms with van der Waals surface area (Å²) in [5, 5.41) is 13.6. The lowest BCUT2D eigenvalue weighted by Gasteiger charge is -2.20. The van der Waals surface area contributed by atoms with Crippen molar-refractivity contribution in [3.8, 4) is 0 Å². The van der Waals surface area contributed by atoms with Crippen molar-refractivity contribution in [3.05, 3.63) is 57.8 Å². The molecule has 2 nitrogen and oxygen atoms in total. The second-order valence-corrected chi connectivity index (χ2v) is 6.31. The zero-order valence-corrected chi connectivity index (χ0v) is 12.3. The standard InChI is InChI=1S/C16H21NOS/c1-12-8-9-15(19-12)11-17-13(2)16(18)10-14-6-4-3-5-7-14/h3-9,13,16-18H,10-11H2,1-2H3. The van der Waals surface area contributed by atoms with Gasteiger partial charge in [0.15, 0.2) is 0 Å². The number of aliphatic hydroxyl groups is 1. The van der Waals surface area contributed by atoms with Gasteiger partial charge in [-0.15, -0.1) is 11.3 Å². The molecule has 0 bridgehead atoms. The first-order valence-corrected chi connectivity index (χ1v) is 7.47. The molecule has 0 radical (unpaired) electrons. The summed E-state index contributed by atoms with van der Waals surface area (Å²) in [5.41, 5.74) is 1.18. The van der Waals surface area contributed by atoms with Crippen LogP contribution in [0.15, 0.2) is 42.5 Å². The number of nitrogens with one attached hydrogen (secondary N) is 1.